The number of aromatic nitrogens is 1. The first-order valence-corrected chi connectivity index (χ1v) is 7.06. The Bertz CT molecular complexity index is 555. The van der Waals surface area contributed by atoms with E-state index in [1.54, 1.807) is 18.3 Å². The van der Waals surface area contributed by atoms with E-state index in [4.69, 9.17) is 4.74 Å². The minimum Gasteiger partial charge on any atom is -0.508 e. The summed E-state index contributed by atoms with van der Waals surface area (Å²) in [6.07, 6.45) is 2.71. The quantitative estimate of drug-likeness (QED) is 0.760. The fourth-order valence-electron chi connectivity index (χ4n) is 2.00. The summed E-state index contributed by atoms with van der Waals surface area (Å²) < 4.78 is 5.54. The van der Waals surface area contributed by atoms with Crippen LogP contribution >= 0.6 is 0 Å². The van der Waals surface area contributed by atoms with E-state index in [0.717, 1.165) is 42.8 Å². The van der Waals surface area contributed by atoms with Gasteiger partial charge in [-0.15, -0.1) is 0 Å². The number of ether oxygens (including phenoxy) is 1. The summed E-state index contributed by atoms with van der Waals surface area (Å²) in [7, 11) is 0. The normalized spacial score (nSPS) is 11.2. The molecule has 4 heteroatoms. The van der Waals surface area contributed by atoms with Crippen LogP contribution in [0.2, 0.25) is 0 Å². The number of hydrogen-bond acceptors (Lipinski definition) is 4. The van der Waals surface area contributed by atoms with Crippen molar-refractivity contribution < 1.29 is 9.84 Å². The lowest BCUT2D eigenvalue weighted by molar-refractivity contribution is 0.110. The van der Waals surface area contributed by atoms with Crippen LogP contribution in [0.15, 0.2) is 30.5 Å². The summed E-state index contributed by atoms with van der Waals surface area (Å²) >= 11 is 0. The number of nitrogens with zero attached hydrogens (tertiary/aromatic N) is 1. The Labute approximate surface area is 119 Å². The van der Waals surface area contributed by atoms with Crippen LogP contribution in [0.5, 0.6) is 5.75 Å². The second-order valence-electron chi connectivity index (χ2n) is 5.31. The zero-order valence-corrected chi connectivity index (χ0v) is 12.1. The molecule has 0 fully saturated rings. The van der Waals surface area contributed by atoms with Gasteiger partial charge in [0.2, 0.25) is 0 Å². The first-order valence-electron chi connectivity index (χ1n) is 7.06. The largest absolute Gasteiger partial charge is 0.508 e. The van der Waals surface area contributed by atoms with Crippen LogP contribution in [-0.2, 0) is 4.74 Å². The zero-order valence-electron chi connectivity index (χ0n) is 12.1. The number of phenols is 1. The molecule has 0 amide bonds. The monoisotopic (exact) mass is 274 g/mol. The third kappa shape index (κ3) is 4.10. The first-order chi connectivity index (χ1) is 9.66. The topological polar surface area (TPSA) is 54.4 Å². The van der Waals surface area contributed by atoms with Crippen molar-refractivity contribution in [3.8, 4) is 5.75 Å². The Morgan fingerprint density at radius 3 is 2.95 bits per heavy atom. The van der Waals surface area contributed by atoms with Gasteiger partial charge < -0.3 is 15.2 Å². The summed E-state index contributed by atoms with van der Waals surface area (Å²) in [5.41, 5.74) is 0. The third-order valence-electron chi connectivity index (χ3n) is 2.96. The number of aromatic hydroxyl groups is 1. The maximum atomic E-state index is 9.57. The fraction of sp³-hybridized carbons (Fsp3) is 0.438. The Hall–Kier alpha value is -1.81. The van der Waals surface area contributed by atoms with Crippen molar-refractivity contribution in [2.45, 2.75) is 20.3 Å². The van der Waals surface area contributed by atoms with Crippen LogP contribution in [0.25, 0.3) is 10.8 Å². The minimum atomic E-state index is 0.258. The average molecular weight is 274 g/mol. The third-order valence-corrected chi connectivity index (χ3v) is 2.96. The van der Waals surface area contributed by atoms with Crippen LogP contribution in [0, 0.1) is 5.92 Å². The van der Waals surface area contributed by atoms with E-state index in [1.807, 2.05) is 12.1 Å². The molecule has 0 aliphatic rings. The van der Waals surface area contributed by atoms with Gasteiger partial charge in [-0.2, -0.15) is 0 Å². The van der Waals surface area contributed by atoms with E-state index < -0.39 is 0 Å². The van der Waals surface area contributed by atoms with Gasteiger partial charge in [0.05, 0.1) is 0 Å². The maximum Gasteiger partial charge on any atom is 0.133 e. The van der Waals surface area contributed by atoms with Crippen LogP contribution in [-0.4, -0.2) is 29.8 Å². The van der Waals surface area contributed by atoms with Crippen molar-refractivity contribution in [1.29, 1.82) is 0 Å². The minimum absolute atomic E-state index is 0.258. The molecule has 0 bridgehead atoms. The molecule has 0 aliphatic heterocycles. The van der Waals surface area contributed by atoms with Crippen LogP contribution in [0.3, 0.4) is 0 Å². The highest BCUT2D eigenvalue weighted by Crippen LogP contribution is 2.24. The fourth-order valence-corrected chi connectivity index (χ4v) is 2.00. The number of phenolic OH excluding ortho intramolecular Hbond substituents is 1. The molecule has 2 N–H and O–H groups in total. The van der Waals surface area contributed by atoms with Crippen molar-refractivity contribution in [2.75, 3.05) is 25.1 Å². The van der Waals surface area contributed by atoms with E-state index in [1.165, 1.54) is 0 Å². The second kappa shape index (κ2) is 7.10. The van der Waals surface area contributed by atoms with Gasteiger partial charge in [0, 0.05) is 31.3 Å². The Morgan fingerprint density at radius 2 is 2.15 bits per heavy atom. The van der Waals surface area contributed by atoms with E-state index in [9.17, 15) is 5.11 Å². The molecule has 0 unspecified atom stereocenters. The smallest absolute Gasteiger partial charge is 0.133 e. The number of pyridine rings is 1. The van der Waals surface area contributed by atoms with Gasteiger partial charge >= 0.3 is 0 Å². The molecule has 2 rings (SSSR count). The lowest BCUT2D eigenvalue weighted by Crippen LogP contribution is -2.09. The van der Waals surface area contributed by atoms with Crippen LogP contribution in [0.4, 0.5) is 5.82 Å². The number of anilines is 1. The number of fused-ring (bicyclic) bond motifs is 1. The number of rotatable bonds is 7. The molecule has 1 heterocycles. The van der Waals surface area contributed by atoms with Gasteiger partial charge in [-0.3, -0.25) is 0 Å². The molecular formula is C16H22N2O2. The van der Waals surface area contributed by atoms with Gasteiger partial charge in [-0.25, -0.2) is 4.98 Å². The molecule has 0 aliphatic carbocycles. The SMILES string of the molecule is CC(C)COCCCNc1nccc2ccc(O)cc12. The molecule has 0 saturated heterocycles. The number of benzene rings is 1. The highest BCUT2D eigenvalue weighted by atomic mass is 16.5. The molecule has 0 atom stereocenters. The summed E-state index contributed by atoms with van der Waals surface area (Å²) in [5, 5.41) is 14.9. The van der Waals surface area contributed by atoms with Crippen LogP contribution in [0.1, 0.15) is 20.3 Å². The molecule has 0 radical (unpaired) electrons. The van der Waals surface area contributed by atoms with Crippen molar-refractivity contribution in [3.63, 3.8) is 0 Å². The molecular weight excluding hydrogens is 252 g/mol. The average Bonchev–Trinajstić information content (AvgIpc) is 2.42. The van der Waals surface area contributed by atoms with Crippen molar-refractivity contribution in [2.24, 2.45) is 5.92 Å². The molecule has 1 aromatic heterocycles. The molecule has 4 nitrogen and oxygen atoms in total. The van der Waals surface area contributed by atoms with Gasteiger partial charge in [-0.05, 0) is 35.9 Å². The maximum absolute atomic E-state index is 9.57. The molecule has 0 saturated carbocycles. The van der Waals surface area contributed by atoms with E-state index in [0.29, 0.717) is 5.92 Å². The van der Waals surface area contributed by atoms with Crippen molar-refractivity contribution in [1.82, 2.24) is 4.98 Å². The lowest BCUT2D eigenvalue weighted by Gasteiger charge is -2.10. The summed E-state index contributed by atoms with van der Waals surface area (Å²) in [6.45, 7) is 6.65. The molecule has 2 aromatic rings. The molecule has 20 heavy (non-hydrogen) atoms. The summed E-state index contributed by atoms with van der Waals surface area (Å²) in [6, 6.07) is 7.25. The molecule has 108 valence electrons. The Kier molecular flexibility index (Phi) is 5.18. The summed E-state index contributed by atoms with van der Waals surface area (Å²) in [4.78, 5) is 4.33. The number of nitrogens with one attached hydrogen (secondary N) is 1. The standard InChI is InChI=1S/C16H22N2O2/c1-12(2)11-20-9-3-7-17-16-15-10-14(19)5-4-13(15)6-8-18-16/h4-6,8,10,12,19H,3,7,9,11H2,1-2H3,(H,17,18). The van der Waals surface area contributed by atoms with E-state index in [2.05, 4.69) is 24.1 Å². The highest BCUT2D eigenvalue weighted by Gasteiger charge is 2.03. The molecule has 1 aromatic carbocycles. The van der Waals surface area contributed by atoms with Crippen LogP contribution < -0.4 is 5.32 Å². The second-order valence-corrected chi connectivity index (χ2v) is 5.31. The first kappa shape index (κ1) is 14.6. The zero-order chi connectivity index (χ0) is 14.4. The molecule has 0 spiro atoms. The van der Waals surface area contributed by atoms with E-state index in [-0.39, 0.29) is 5.75 Å². The summed E-state index contributed by atoms with van der Waals surface area (Å²) in [5.74, 6) is 1.64. The van der Waals surface area contributed by atoms with Gasteiger partial charge in [0.25, 0.3) is 0 Å². The predicted octanol–water partition coefficient (Wildman–Crippen LogP) is 3.42. The van der Waals surface area contributed by atoms with Crippen molar-refractivity contribution in [3.05, 3.63) is 30.5 Å². The Morgan fingerprint density at radius 1 is 1.30 bits per heavy atom. The van der Waals surface area contributed by atoms with Crippen molar-refractivity contribution >= 4 is 16.6 Å². The van der Waals surface area contributed by atoms with Gasteiger partial charge in [0.1, 0.15) is 11.6 Å². The lowest BCUT2D eigenvalue weighted by atomic mass is 10.1. The Balaban J connectivity index is 1.88. The van der Waals surface area contributed by atoms with E-state index >= 15 is 0 Å². The predicted molar refractivity (Wildman–Crippen MR) is 82.2 cm³/mol. The number of hydrogen-bond donors (Lipinski definition) is 2. The van der Waals surface area contributed by atoms with Gasteiger partial charge in [0.15, 0.2) is 0 Å². The van der Waals surface area contributed by atoms with Gasteiger partial charge in [-0.1, -0.05) is 19.9 Å². The highest BCUT2D eigenvalue weighted by molar-refractivity contribution is 5.92.